The zero-order valence-corrected chi connectivity index (χ0v) is 13.5. The van der Waals surface area contributed by atoms with Gasteiger partial charge in [-0.25, -0.2) is 0 Å². The highest BCUT2D eigenvalue weighted by molar-refractivity contribution is 9.11. The molecule has 1 fully saturated rings. The molecule has 0 spiro atoms. The van der Waals surface area contributed by atoms with Gasteiger partial charge in [0, 0.05) is 11.4 Å². The van der Waals surface area contributed by atoms with Crippen molar-refractivity contribution in [3.63, 3.8) is 0 Å². The van der Waals surface area contributed by atoms with Crippen LogP contribution in [0.25, 0.3) is 0 Å². The molecule has 3 nitrogen and oxygen atoms in total. The van der Waals surface area contributed by atoms with E-state index in [0.29, 0.717) is 6.54 Å². The molecule has 1 aliphatic heterocycles. The fourth-order valence-electron chi connectivity index (χ4n) is 2.08. The molecule has 1 aliphatic rings. The number of amides is 1. The minimum Gasteiger partial charge on any atom is -0.351 e. The number of carbonyl (C=O) groups excluding carboxylic acids is 1. The summed E-state index contributed by atoms with van der Waals surface area (Å²) in [7, 11) is 0. The predicted molar refractivity (Wildman–Crippen MR) is 81.3 cm³/mol. The molecular weight excluding hydrogens is 336 g/mol. The summed E-state index contributed by atoms with van der Waals surface area (Å²) in [5.41, 5.74) is -0.243. The first-order chi connectivity index (χ1) is 8.10. The third-order valence-corrected chi connectivity index (χ3v) is 4.82. The molecule has 6 heteroatoms. The van der Waals surface area contributed by atoms with Gasteiger partial charge in [-0.2, -0.15) is 0 Å². The molecule has 0 aliphatic carbocycles. The van der Waals surface area contributed by atoms with E-state index in [0.717, 1.165) is 29.7 Å². The lowest BCUT2D eigenvalue weighted by Crippen LogP contribution is -2.48. The lowest BCUT2D eigenvalue weighted by Gasteiger charge is -2.32. The quantitative estimate of drug-likeness (QED) is 0.877. The van der Waals surface area contributed by atoms with Crippen molar-refractivity contribution in [2.45, 2.75) is 26.3 Å². The maximum absolute atomic E-state index is 12.1. The Labute approximate surface area is 126 Å². The third kappa shape index (κ3) is 3.95. The fourth-order valence-corrected chi connectivity index (χ4v) is 3.50. The monoisotopic (exact) mass is 352 g/mol. The highest BCUT2D eigenvalue weighted by atomic mass is 79.9. The van der Waals surface area contributed by atoms with Crippen LogP contribution in [0.5, 0.6) is 0 Å². The zero-order valence-electron chi connectivity index (χ0n) is 10.3. The molecule has 0 radical (unpaired) electrons. The molecule has 1 unspecified atom stereocenters. The summed E-state index contributed by atoms with van der Waals surface area (Å²) in [4.78, 5) is 13.3. The van der Waals surface area contributed by atoms with Gasteiger partial charge in [-0.1, -0.05) is 0 Å². The maximum atomic E-state index is 12.1. The van der Waals surface area contributed by atoms with E-state index in [2.05, 4.69) is 26.6 Å². The van der Waals surface area contributed by atoms with Crippen molar-refractivity contribution < 1.29 is 4.79 Å². The van der Waals surface area contributed by atoms with E-state index in [1.54, 1.807) is 11.3 Å². The van der Waals surface area contributed by atoms with Crippen LogP contribution in [0, 0.1) is 5.41 Å². The van der Waals surface area contributed by atoms with Gasteiger partial charge in [0.1, 0.15) is 0 Å². The van der Waals surface area contributed by atoms with Crippen molar-refractivity contribution in [3.05, 3.63) is 20.8 Å². The van der Waals surface area contributed by atoms with Crippen molar-refractivity contribution in [2.75, 3.05) is 13.1 Å². The van der Waals surface area contributed by atoms with Crippen molar-refractivity contribution in [2.24, 2.45) is 5.41 Å². The Bertz CT molecular complexity index is 405. The van der Waals surface area contributed by atoms with Gasteiger partial charge in [0.25, 0.3) is 0 Å². The lowest BCUT2D eigenvalue weighted by atomic mass is 9.82. The van der Waals surface area contributed by atoms with Gasteiger partial charge < -0.3 is 10.6 Å². The summed E-state index contributed by atoms with van der Waals surface area (Å²) < 4.78 is 1.10. The van der Waals surface area contributed by atoms with E-state index >= 15 is 0 Å². The number of nitrogens with one attached hydrogen (secondary N) is 2. The summed E-state index contributed by atoms with van der Waals surface area (Å²) in [5, 5.41) is 6.33. The number of carbonyl (C=O) groups is 1. The van der Waals surface area contributed by atoms with Gasteiger partial charge in [0.2, 0.25) is 5.91 Å². The Balaban J connectivity index is 0.00000162. The molecule has 1 amide bonds. The summed E-state index contributed by atoms with van der Waals surface area (Å²) in [6.45, 7) is 4.48. The fraction of sp³-hybridized carbons (Fsp3) is 0.583. The highest BCUT2D eigenvalue weighted by Crippen LogP contribution is 2.26. The second-order valence-corrected chi connectivity index (χ2v) is 7.28. The van der Waals surface area contributed by atoms with Crippen LogP contribution >= 0.6 is 39.7 Å². The predicted octanol–water partition coefficient (Wildman–Crippen LogP) is 2.94. The molecule has 18 heavy (non-hydrogen) atoms. The first kappa shape index (κ1) is 16.0. The first-order valence-electron chi connectivity index (χ1n) is 5.83. The van der Waals surface area contributed by atoms with E-state index < -0.39 is 0 Å². The summed E-state index contributed by atoms with van der Waals surface area (Å²) in [5.74, 6) is 0.161. The molecule has 1 atom stereocenters. The molecule has 0 aromatic carbocycles. The van der Waals surface area contributed by atoms with Crippen molar-refractivity contribution >= 4 is 45.6 Å². The normalized spacial score (nSPS) is 23.2. The largest absolute Gasteiger partial charge is 0.351 e. The minimum absolute atomic E-state index is 0. The molecule has 0 saturated carbocycles. The van der Waals surface area contributed by atoms with Crippen molar-refractivity contribution in [1.82, 2.24) is 10.6 Å². The molecule has 102 valence electrons. The minimum atomic E-state index is -0.243. The molecule has 2 rings (SSSR count). The van der Waals surface area contributed by atoms with Crippen LogP contribution in [-0.4, -0.2) is 19.0 Å². The smallest absolute Gasteiger partial charge is 0.227 e. The first-order valence-corrected chi connectivity index (χ1v) is 7.44. The Morgan fingerprint density at radius 3 is 2.94 bits per heavy atom. The van der Waals surface area contributed by atoms with Gasteiger partial charge in [-0.05, 0) is 54.4 Å². The number of hydrogen-bond donors (Lipinski definition) is 2. The molecule has 2 heterocycles. The van der Waals surface area contributed by atoms with E-state index in [9.17, 15) is 4.79 Å². The number of piperidine rings is 1. The Hall–Kier alpha value is -0.100. The van der Waals surface area contributed by atoms with Crippen LogP contribution in [0.15, 0.2) is 15.9 Å². The van der Waals surface area contributed by atoms with E-state index in [1.165, 1.54) is 4.88 Å². The van der Waals surface area contributed by atoms with Gasteiger partial charge in [0.15, 0.2) is 0 Å². The Morgan fingerprint density at radius 2 is 2.39 bits per heavy atom. The average molecular weight is 354 g/mol. The summed E-state index contributed by atoms with van der Waals surface area (Å²) in [6.07, 6.45) is 2.05. The zero-order chi connectivity index (χ0) is 12.3. The topological polar surface area (TPSA) is 41.1 Å². The van der Waals surface area contributed by atoms with Crippen LogP contribution in [0.4, 0.5) is 0 Å². The third-order valence-electron chi connectivity index (χ3n) is 3.20. The lowest BCUT2D eigenvalue weighted by molar-refractivity contribution is -0.131. The molecular formula is C12H18BrClN2OS. The van der Waals surface area contributed by atoms with Crippen molar-refractivity contribution in [1.29, 1.82) is 0 Å². The van der Waals surface area contributed by atoms with Gasteiger partial charge in [-0.15, -0.1) is 23.7 Å². The number of rotatable bonds is 3. The Kier molecular flexibility index (Phi) is 6.11. The molecule has 1 saturated heterocycles. The van der Waals surface area contributed by atoms with Crippen LogP contribution in [-0.2, 0) is 11.3 Å². The SMILES string of the molecule is CC1(C(=O)NCc2ccc(Br)s2)CCCNC1.Cl. The molecule has 2 N–H and O–H groups in total. The molecule has 0 bridgehead atoms. The van der Waals surface area contributed by atoms with Crippen molar-refractivity contribution in [3.8, 4) is 0 Å². The van der Waals surface area contributed by atoms with Crippen LogP contribution in [0.3, 0.4) is 0 Å². The second kappa shape index (κ2) is 6.89. The molecule has 1 aromatic rings. The average Bonchev–Trinajstić information content (AvgIpc) is 2.73. The second-order valence-electron chi connectivity index (χ2n) is 4.73. The van der Waals surface area contributed by atoms with E-state index in [4.69, 9.17) is 0 Å². The van der Waals surface area contributed by atoms with E-state index in [-0.39, 0.29) is 23.7 Å². The number of thiophene rings is 1. The standard InChI is InChI=1S/C12H17BrN2OS.ClH/c1-12(5-2-6-14-8-12)11(16)15-7-9-3-4-10(13)17-9;/h3-4,14H,2,5-8H2,1H3,(H,15,16);1H. The highest BCUT2D eigenvalue weighted by Gasteiger charge is 2.34. The molecule has 1 aromatic heterocycles. The van der Waals surface area contributed by atoms with Gasteiger partial charge in [-0.3, -0.25) is 4.79 Å². The van der Waals surface area contributed by atoms with Gasteiger partial charge in [0.05, 0.1) is 15.7 Å². The summed E-state index contributed by atoms with van der Waals surface area (Å²) >= 11 is 5.08. The van der Waals surface area contributed by atoms with Crippen LogP contribution in [0.1, 0.15) is 24.6 Å². The van der Waals surface area contributed by atoms with Crippen LogP contribution in [0.2, 0.25) is 0 Å². The summed E-state index contributed by atoms with van der Waals surface area (Å²) in [6, 6.07) is 4.05. The number of hydrogen-bond acceptors (Lipinski definition) is 3. The van der Waals surface area contributed by atoms with Crippen LogP contribution < -0.4 is 10.6 Å². The van der Waals surface area contributed by atoms with E-state index in [1.807, 2.05) is 19.1 Å². The maximum Gasteiger partial charge on any atom is 0.227 e. The van der Waals surface area contributed by atoms with Gasteiger partial charge >= 0.3 is 0 Å². The Morgan fingerprint density at radius 1 is 1.61 bits per heavy atom. The number of halogens is 2.